The van der Waals surface area contributed by atoms with Gasteiger partial charge in [0.2, 0.25) is 0 Å². The van der Waals surface area contributed by atoms with Crippen LogP contribution in [0.2, 0.25) is 0 Å². The number of pyridine rings is 1. The summed E-state index contributed by atoms with van der Waals surface area (Å²) in [5.41, 5.74) is 1.06. The fraction of sp³-hybridized carbons (Fsp3) is 0. The average molecular weight is 296 g/mol. The average Bonchev–Trinajstić information content (AvgIpc) is 3.12. The van der Waals surface area contributed by atoms with Crippen LogP contribution in [-0.2, 0) is 0 Å². The van der Waals surface area contributed by atoms with E-state index in [1.54, 1.807) is 0 Å². The van der Waals surface area contributed by atoms with Crippen molar-refractivity contribution in [1.29, 1.82) is 0 Å². The van der Waals surface area contributed by atoms with Crippen LogP contribution in [0.5, 0.6) is 0 Å². The largest absolute Gasteiger partial charge is 0.366 e. The molecule has 5 rings (SSSR count). The van der Waals surface area contributed by atoms with Crippen molar-refractivity contribution in [2.24, 2.45) is 0 Å². The molecule has 0 atom stereocenters. The molecule has 0 saturated carbocycles. The van der Waals surface area contributed by atoms with Crippen LogP contribution in [0, 0.1) is 0 Å². The fourth-order valence-corrected chi connectivity index (χ4v) is 2.83. The molecule has 1 N–H and O–H groups in total. The molecule has 2 aromatic heterocycles. The van der Waals surface area contributed by atoms with Crippen molar-refractivity contribution in [3.05, 3.63) is 91.4 Å². The predicted octanol–water partition coefficient (Wildman–Crippen LogP) is 5.56. The van der Waals surface area contributed by atoms with E-state index in [4.69, 9.17) is 0 Å². The van der Waals surface area contributed by atoms with E-state index in [0.717, 1.165) is 5.52 Å². The molecular weight excluding hydrogens is 280 g/mol. The minimum absolute atomic E-state index is 1.06. The number of hydrogen-bond acceptors (Lipinski definition) is 1. The summed E-state index contributed by atoms with van der Waals surface area (Å²) in [5, 5.41) is 6.40. The van der Waals surface area contributed by atoms with Crippen molar-refractivity contribution in [1.82, 2.24) is 9.97 Å². The maximum Gasteiger partial charge on any atom is 0.0701 e. The number of nitrogens with zero attached hydrogens (tertiary/aromatic N) is 1. The van der Waals surface area contributed by atoms with Crippen LogP contribution in [-0.4, -0.2) is 9.97 Å². The Morgan fingerprint density at radius 2 is 1.30 bits per heavy atom. The van der Waals surface area contributed by atoms with Gasteiger partial charge in [0.1, 0.15) is 0 Å². The Kier molecular flexibility index (Phi) is 3.49. The molecule has 0 aliphatic heterocycles. The van der Waals surface area contributed by atoms with Gasteiger partial charge >= 0.3 is 0 Å². The molecule has 0 bridgehead atoms. The monoisotopic (exact) mass is 296 g/mol. The van der Waals surface area contributed by atoms with Crippen LogP contribution < -0.4 is 0 Å². The van der Waals surface area contributed by atoms with Gasteiger partial charge in [-0.05, 0) is 28.3 Å². The Bertz CT molecular complexity index is 1010. The molecule has 0 fully saturated rings. The minimum Gasteiger partial charge on any atom is -0.366 e. The third-order valence-corrected chi connectivity index (χ3v) is 3.98. The van der Waals surface area contributed by atoms with Crippen molar-refractivity contribution in [3.8, 4) is 0 Å². The van der Waals surface area contributed by atoms with E-state index in [9.17, 15) is 0 Å². The van der Waals surface area contributed by atoms with Gasteiger partial charge in [-0.25, -0.2) is 0 Å². The maximum absolute atomic E-state index is 4.18. The molecular formula is C21H16N2. The van der Waals surface area contributed by atoms with Gasteiger partial charge in [-0.15, -0.1) is 0 Å². The molecule has 0 amide bonds. The number of rotatable bonds is 0. The Morgan fingerprint density at radius 3 is 2.22 bits per heavy atom. The molecule has 2 nitrogen and oxygen atoms in total. The van der Waals surface area contributed by atoms with Crippen molar-refractivity contribution in [2.45, 2.75) is 0 Å². The van der Waals surface area contributed by atoms with Crippen molar-refractivity contribution >= 4 is 32.4 Å². The number of hydrogen-bond donors (Lipinski definition) is 1. The Balaban J connectivity index is 0.000000122. The van der Waals surface area contributed by atoms with Gasteiger partial charge in [-0.2, -0.15) is 0 Å². The van der Waals surface area contributed by atoms with Gasteiger partial charge in [0, 0.05) is 29.4 Å². The summed E-state index contributed by atoms with van der Waals surface area (Å²) in [7, 11) is 0. The maximum atomic E-state index is 4.18. The van der Waals surface area contributed by atoms with Crippen LogP contribution >= 0.6 is 0 Å². The first kappa shape index (κ1) is 13.5. The normalized spacial score (nSPS) is 10.6. The second kappa shape index (κ2) is 5.93. The standard InChI is InChI=1S/C12H9N.C9H7N/c1-2-4-11-9(3-1)5-6-10-7-13-8-12(10)11;1-2-6-9-8(4-1)5-3-7-10-9/h1-8,13H;1-7H. The highest BCUT2D eigenvalue weighted by Gasteiger charge is 1.98. The van der Waals surface area contributed by atoms with Gasteiger partial charge in [0.25, 0.3) is 0 Å². The number of para-hydroxylation sites is 1. The SMILES string of the molecule is c1ccc2c(c1)ccc1c[nH]cc12.c1ccc2ncccc2c1. The summed E-state index contributed by atoms with van der Waals surface area (Å²) >= 11 is 0. The highest BCUT2D eigenvalue weighted by atomic mass is 14.6. The van der Waals surface area contributed by atoms with E-state index in [1.165, 1.54) is 26.9 Å². The number of aromatic amines is 1. The third-order valence-electron chi connectivity index (χ3n) is 3.98. The summed E-state index contributed by atoms with van der Waals surface area (Å²) in [4.78, 5) is 7.31. The van der Waals surface area contributed by atoms with Gasteiger partial charge in [-0.3, -0.25) is 4.98 Å². The molecule has 110 valence electrons. The highest BCUT2D eigenvalue weighted by molar-refractivity contribution is 6.07. The molecule has 0 aliphatic carbocycles. The van der Waals surface area contributed by atoms with Crippen LogP contribution in [0.25, 0.3) is 32.4 Å². The molecule has 0 unspecified atom stereocenters. The number of aromatic nitrogens is 2. The van der Waals surface area contributed by atoms with Crippen molar-refractivity contribution in [2.75, 3.05) is 0 Å². The summed E-state index contributed by atoms with van der Waals surface area (Å²) in [6, 6.07) is 24.8. The zero-order chi connectivity index (χ0) is 15.5. The lowest BCUT2D eigenvalue weighted by Gasteiger charge is -1.97. The van der Waals surface area contributed by atoms with E-state index in [-0.39, 0.29) is 0 Å². The van der Waals surface area contributed by atoms with Gasteiger partial charge in [-0.1, -0.05) is 60.7 Å². The minimum atomic E-state index is 1.06. The Morgan fingerprint density at radius 1 is 0.565 bits per heavy atom. The van der Waals surface area contributed by atoms with E-state index in [2.05, 4.69) is 64.7 Å². The molecule has 3 aromatic carbocycles. The summed E-state index contributed by atoms with van der Waals surface area (Å²) in [6.07, 6.45) is 5.89. The summed E-state index contributed by atoms with van der Waals surface area (Å²) in [5.74, 6) is 0. The predicted molar refractivity (Wildman–Crippen MR) is 97.5 cm³/mol. The summed E-state index contributed by atoms with van der Waals surface area (Å²) < 4.78 is 0. The van der Waals surface area contributed by atoms with Crippen LogP contribution in [0.1, 0.15) is 0 Å². The first-order valence-electron chi connectivity index (χ1n) is 7.66. The molecule has 23 heavy (non-hydrogen) atoms. The first-order valence-corrected chi connectivity index (χ1v) is 7.66. The Hall–Kier alpha value is -3.13. The van der Waals surface area contributed by atoms with E-state index < -0.39 is 0 Å². The lowest BCUT2D eigenvalue weighted by atomic mass is 10.1. The van der Waals surface area contributed by atoms with Crippen LogP contribution in [0.4, 0.5) is 0 Å². The number of nitrogens with one attached hydrogen (secondary N) is 1. The molecule has 2 heterocycles. The second-order valence-electron chi connectivity index (χ2n) is 5.44. The van der Waals surface area contributed by atoms with Crippen LogP contribution in [0.3, 0.4) is 0 Å². The van der Waals surface area contributed by atoms with Crippen LogP contribution in [0.15, 0.2) is 91.4 Å². The number of benzene rings is 3. The van der Waals surface area contributed by atoms with Crippen molar-refractivity contribution < 1.29 is 0 Å². The van der Waals surface area contributed by atoms with E-state index in [0.29, 0.717) is 0 Å². The fourth-order valence-electron chi connectivity index (χ4n) is 2.83. The number of fused-ring (bicyclic) bond motifs is 4. The molecule has 0 radical (unpaired) electrons. The highest BCUT2D eigenvalue weighted by Crippen LogP contribution is 2.24. The second-order valence-corrected chi connectivity index (χ2v) is 5.44. The van der Waals surface area contributed by atoms with Gasteiger partial charge in [0.05, 0.1) is 5.52 Å². The number of H-pyrrole nitrogens is 1. The quantitative estimate of drug-likeness (QED) is 0.398. The Labute approximate surface area is 134 Å². The van der Waals surface area contributed by atoms with Gasteiger partial charge in [0.15, 0.2) is 0 Å². The van der Waals surface area contributed by atoms with Gasteiger partial charge < -0.3 is 4.98 Å². The first-order chi connectivity index (χ1) is 11.4. The zero-order valence-electron chi connectivity index (χ0n) is 12.6. The molecule has 2 heteroatoms. The molecule has 0 aliphatic rings. The molecule has 5 aromatic rings. The molecule has 0 spiro atoms. The topological polar surface area (TPSA) is 28.7 Å². The molecule has 0 saturated heterocycles. The van der Waals surface area contributed by atoms with E-state index in [1.807, 2.05) is 36.7 Å². The van der Waals surface area contributed by atoms with Crippen molar-refractivity contribution in [3.63, 3.8) is 0 Å². The van der Waals surface area contributed by atoms with E-state index >= 15 is 0 Å². The third kappa shape index (κ3) is 2.67. The smallest absolute Gasteiger partial charge is 0.0701 e. The lowest BCUT2D eigenvalue weighted by molar-refractivity contribution is 1.41. The zero-order valence-corrected chi connectivity index (χ0v) is 12.6. The lowest BCUT2D eigenvalue weighted by Crippen LogP contribution is -1.73. The summed E-state index contributed by atoms with van der Waals surface area (Å²) in [6.45, 7) is 0.